The molecule has 0 bridgehead atoms. The summed E-state index contributed by atoms with van der Waals surface area (Å²) < 4.78 is 7.84. The maximum absolute atomic E-state index is 12.3. The van der Waals surface area contributed by atoms with Gasteiger partial charge in [0.2, 0.25) is 0 Å². The lowest BCUT2D eigenvalue weighted by molar-refractivity contribution is 0.0945. The summed E-state index contributed by atoms with van der Waals surface area (Å²) in [5.74, 6) is 1.08. The Labute approximate surface area is 128 Å². The van der Waals surface area contributed by atoms with Gasteiger partial charge in [-0.05, 0) is 38.2 Å². The molecule has 2 aromatic rings. The molecule has 6 nitrogen and oxygen atoms in total. The fourth-order valence-electron chi connectivity index (χ4n) is 2.00. The van der Waals surface area contributed by atoms with Crippen LogP contribution in [0, 0.1) is 4.77 Å². The summed E-state index contributed by atoms with van der Waals surface area (Å²) in [5.41, 5.74) is 0.511. The molecule has 21 heavy (non-hydrogen) atoms. The van der Waals surface area contributed by atoms with Gasteiger partial charge in [-0.3, -0.25) is 9.89 Å². The lowest BCUT2D eigenvalue weighted by atomic mass is 10.2. The average Bonchev–Trinajstić information content (AvgIpc) is 2.85. The van der Waals surface area contributed by atoms with Crippen LogP contribution in [0.5, 0.6) is 5.75 Å². The van der Waals surface area contributed by atoms with Crippen LogP contribution in [-0.4, -0.2) is 27.3 Å². The van der Waals surface area contributed by atoms with Crippen LogP contribution in [0.2, 0.25) is 0 Å². The number of H-pyrrole nitrogens is 1. The van der Waals surface area contributed by atoms with Crippen molar-refractivity contribution >= 4 is 18.1 Å². The normalized spacial score (nSPS) is 10.4. The molecule has 0 aliphatic heterocycles. The van der Waals surface area contributed by atoms with Crippen LogP contribution < -0.4 is 10.1 Å². The standard InChI is InChI=1S/C14H18N4O2S/c1-3-18-12(16-17-14(18)21)9-15-13(19)10-7-5-6-8-11(10)20-4-2/h5-8H,3-4,9H2,1-2H3,(H,15,19)(H,17,21). The van der Waals surface area contributed by atoms with E-state index >= 15 is 0 Å². The van der Waals surface area contributed by atoms with Crippen LogP contribution in [-0.2, 0) is 13.1 Å². The number of rotatable bonds is 6. The maximum Gasteiger partial charge on any atom is 0.255 e. The molecule has 0 aliphatic carbocycles. The number of carbonyl (C=O) groups is 1. The molecule has 1 aromatic heterocycles. The summed E-state index contributed by atoms with van der Waals surface area (Å²) >= 11 is 5.11. The number of nitrogens with one attached hydrogen (secondary N) is 2. The highest BCUT2D eigenvalue weighted by molar-refractivity contribution is 7.71. The Balaban J connectivity index is 2.10. The Morgan fingerprint density at radius 1 is 1.43 bits per heavy atom. The molecule has 2 rings (SSSR count). The van der Waals surface area contributed by atoms with Gasteiger partial charge in [0.15, 0.2) is 10.6 Å². The zero-order valence-electron chi connectivity index (χ0n) is 12.0. The van der Waals surface area contributed by atoms with E-state index in [1.54, 1.807) is 18.2 Å². The molecule has 0 saturated carbocycles. The lowest BCUT2D eigenvalue weighted by Gasteiger charge is -2.10. The molecule has 112 valence electrons. The van der Waals surface area contributed by atoms with Gasteiger partial charge in [0.05, 0.1) is 18.7 Å². The van der Waals surface area contributed by atoms with Crippen LogP contribution in [0.15, 0.2) is 24.3 Å². The number of benzene rings is 1. The van der Waals surface area contributed by atoms with Crippen molar-refractivity contribution in [3.63, 3.8) is 0 Å². The molecule has 2 N–H and O–H groups in total. The van der Waals surface area contributed by atoms with Gasteiger partial charge in [0.1, 0.15) is 5.75 Å². The molecular weight excluding hydrogens is 288 g/mol. The highest BCUT2D eigenvalue weighted by atomic mass is 32.1. The van der Waals surface area contributed by atoms with E-state index in [1.807, 2.05) is 24.5 Å². The van der Waals surface area contributed by atoms with E-state index in [0.29, 0.717) is 41.6 Å². The molecule has 1 aromatic carbocycles. The number of carbonyl (C=O) groups excluding carboxylic acids is 1. The zero-order valence-corrected chi connectivity index (χ0v) is 12.9. The van der Waals surface area contributed by atoms with E-state index in [0.717, 1.165) is 0 Å². The van der Waals surface area contributed by atoms with E-state index in [4.69, 9.17) is 17.0 Å². The van der Waals surface area contributed by atoms with Crippen LogP contribution in [0.4, 0.5) is 0 Å². The molecule has 1 heterocycles. The Morgan fingerprint density at radius 2 is 2.19 bits per heavy atom. The molecule has 1 amide bonds. The zero-order chi connectivity index (χ0) is 15.2. The van der Waals surface area contributed by atoms with Crippen molar-refractivity contribution in [2.45, 2.75) is 26.9 Å². The van der Waals surface area contributed by atoms with Crippen molar-refractivity contribution in [2.24, 2.45) is 0 Å². The van der Waals surface area contributed by atoms with Gasteiger partial charge in [-0.15, -0.1) is 0 Å². The third-order valence-corrected chi connectivity index (χ3v) is 3.30. The summed E-state index contributed by atoms with van der Waals surface area (Å²) in [7, 11) is 0. The fraction of sp³-hybridized carbons (Fsp3) is 0.357. The molecule has 0 saturated heterocycles. The Morgan fingerprint density at radius 3 is 2.90 bits per heavy atom. The minimum Gasteiger partial charge on any atom is -0.493 e. The highest BCUT2D eigenvalue weighted by Crippen LogP contribution is 2.17. The summed E-state index contributed by atoms with van der Waals surface area (Å²) in [5, 5.41) is 9.67. The minimum atomic E-state index is -0.198. The predicted octanol–water partition coefficient (Wildman–Crippen LogP) is 2.29. The number of aromatic amines is 1. The van der Waals surface area contributed by atoms with Crippen LogP contribution in [0.25, 0.3) is 0 Å². The van der Waals surface area contributed by atoms with Gasteiger partial charge in [0.25, 0.3) is 5.91 Å². The van der Waals surface area contributed by atoms with Gasteiger partial charge < -0.3 is 14.6 Å². The first-order valence-electron chi connectivity index (χ1n) is 6.81. The third-order valence-electron chi connectivity index (χ3n) is 2.99. The number of ether oxygens (including phenoxy) is 1. The predicted molar refractivity (Wildman–Crippen MR) is 81.9 cm³/mol. The molecule has 0 radical (unpaired) electrons. The summed E-state index contributed by atoms with van der Waals surface area (Å²) in [6, 6.07) is 7.15. The summed E-state index contributed by atoms with van der Waals surface area (Å²) in [6.07, 6.45) is 0. The van der Waals surface area contributed by atoms with Crippen molar-refractivity contribution < 1.29 is 9.53 Å². The quantitative estimate of drug-likeness (QED) is 0.803. The average molecular weight is 306 g/mol. The van der Waals surface area contributed by atoms with Gasteiger partial charge >= 0.3 is 0 Å². The first kappa shape index (κ1) is 15.2. The SMILES string of the molecule is CCOc1ccccc1C(=O)NCc1n[nH]c(=S)n1CC. The van der Waals surface area contributed by atoms with Gasteiger partial charge in [0, 0.05) is 6.54 Å². The smallest absolute Gasteiger partial charge is 0.255 e. The van der Waals surface area contributed by atoms with Crippen LogP contribution in [0.1, 0.15) is 30.0 Å². The molecule has 0 fully saturated rings. The molecule has 0 atom stereocenters. The number of para-hydroxylation sites is 1. The molecular formula is C14H18N4O2S. The Kier molecular flexibility index (Phi) is 5.10. The van der Waals surface area contributed by atoms with Crippen molar-refractivity contribution in [2.75, 3.05) is 6.61 Å². The highest BCUT2D eigenvalue weighted by Gasteiger charge is 2.13. The van der Waals surface area contributed by atoms with Crippen molar-refractivity contribution in [1.82, 2.24) is 20.1 Å². The first-order valence-corrected chi connectivity index (χ1v) is 7.22. The molecule has 0 aliphatic rings. The van der Waals surface area contributed by atoms with Crippen LogP contribution >= 0.6 is 12.2 Å². The second-order valence-electron chi connectivity index (χ2n) is 4.30. The van der Waals surface area contributed by atoms with Crippen molar-refractivity contribution in [3.8, 4) is 5.75 Å². The monoisotopic (exact) mass is 306 g/mol. The number of hydrogen-bond acceptors (Lipinski definition) is 4. The fourth-order valence-corrected chi connectivity index (χ4v) is 2.28. The second kappa shape index (κ2) is 7.03. The molecule has 0 spiro atoms. The summed E-state index contributed by atoms with van der Waals surface area (Å²) in [4.78, 5) is 12.3. The number of aromatic nitrogens is 3. The van der Waals surface area contributed by atoms with E-state index in [9.17, 15) is 4.79 Å². The van der Waals surface area contributed by atoms with Crippen molar-refractivity contribution in [3.05, 3.63) is 40.4 Å². The van der Waals surface area contributed by atoms with E-state index < -0.39 is 0 Å². The minimum absolute atomic E-state index is 0.198. The van der Waals surface area contributed by atoms with Gasteiger partial charge in [-0.25, -0.2) is 0 Å². The summed E-state index contributed by atoms with van der Waals surface area (Å²) in [6.45, 7) is 5.38. The Bertz CT molecular complexity index is 678. The number of nitrogens with zero attached hydrogens (tertiary/aromatic N) is 2. The van der Waals surface area contributed by atoms with Crippen molar-refractivity contribution in [1.29, 1.82) is 0 Å². The topological polar surface area (TPSA) is 71.9 Å². The van der Waals surface area contributed by atoms with Crippen LogP contribution in [0.3, 0.4) is 0 Å². The van der Waals surface area contributed by atoms with Gasteiger partial charge in [-0.2, -0.15) is 5.10 Å². The van der Waals surface area contributed by atoms with E-state index in [-0.39, 0.29) is 5.91 Å². The van der Waals surface area contributed by atoms with Gasteiger partial charge in [-0.1, -0.05) is 12.1 Å². The second-order valence-corrected chi connectivity index (χ2v) is 4.69. The number of hydrogen-bond donors (Lipinski definition) is 2. The lowest BCUT2D eigenvalue weighted by Crippen LogP contribution is -2.25. The molecule has 7 heteroatoms. The first-order chi connectivity index (χ1) is 10.2. The van der Waals surface area contributed by atoms with E-state index in [2.05, 4.69) is 15.5 Å². The largest absolute Gasteiger partial charge is 0.493 e. The van der Waals surface area contributed by atoms with E-state index in [1.165, 1.54) is 0 Å². The number of amides is 1. The maximum atomic E-state index is 12.3. The molecule has 0 unspecified atom stereocenters. The third kappa shape index (κ3) is 3.49. The Hall–Kier alpha value is -2.15.